The molecule has 7 heteroatoms. The molecule has 3 N–H and O–H groups in total. The van der Waals surface area contributed by atoms with E-state index in [0.29, 0.717) is 28.3 Å². The molecule has 1 amide bonds. The summed E-state index contributed by atoms with van der Waals surface area (Å²) in [5.74, 6) is 0.0589. The van der Waals surface area contributed by atoms with Gasteiger partial charge >= 0.3 is 0 Å². The average molecular weight is 456 g/mol. The lowest BCUT2D eigenvalue weighted by atomic mass is 9.99. The molecule has 0 aliphatic heterocycles. The molecule has 1 saturated carbocycles. The van der Waals surface area contributed by atoms with E-state index in [4.69, 9.17) is 10.5 Å². The second-order valence-corrected chi connectivity index (χ2v) is 7.97. The largest absolute Gasteiger partial charge is 0.497 e. The van der Waals surface area contributed by atoms with E-state index in [1.165, 1.54) is 6.07 Å². The van der Waals surface area contributed by atoms with Crippen LogP contribution in [0.15, 0.2) is 59.2 Å². The summed E-state index contributed by atoms with van der Waals surface area (Å²) in [7, 11) is 1.57. The third-order valence-corrected chi connectivity index (χ3v) is 5.55. The Morgan fingerprint density at radius 3 is 2.52 bits per heavy atom. The number of amides is 1. The molecule has 2 aromatic carbocycles. The number of ether oxygens (including phenoxy) is 1. The van der Waals surface area contributed by atoms with Gasteiger partial charge in [0.05, 0.1) is 24.0 Å². The second kappa shape index (κ2) is 7.48. The Hall–Kier alpha value is -2.93. The zero-order chi connectivity index (χ0) is 20.6. The van der Waals surface area contributed by atoms with Gasteiger partial charge in [-0.15, -0.1) is 0 Å². The molecule has 0 radical (unpaired) electrons. The third-order valence-electron chi connectivity index (χ3n) is 5.12. The zero-order valence-corrected chi connectivity index (χ0v) is 17.3. The Kier molecular flexibility index (Phi) is 5.00. The van der Waals surface area contributed by atoms with Crippen LogP contribution in [0.3, 0.4) is 0 Å². The molecular formula is C22H19BrFN3O2. The molecular weight excluding hydrogens is 437 g/mol. The van der Waals surface area contributed by atoms with Gasteiger partial charge in [-0.05, 0) is 76.8 Å². The molecule has 0 saturated heterocycles. The van der Waals surface area contributed by atoms with Crippen LogP contribution in [0.2, 0.25) is 0 Å². The summed E-state index contributed by atoms with van der Waals surface area (Å²) in [5, 5.41) is 3.05. The number of aromatic nitrogens is 1. The molecule has 29 heavy (non-hydrogen) atoms. The number of nitrogens with one attached hydrogen (secondary N) is 1. The topological polar surface area (TPSA) is 77.2 Å². The molecule has 0 atom stereocenters. The fourth-order valence-corrected chi connectivity index (χ4v) is 3.68. The minimum absolute atomic E-state index is 0.201. The van der Waals surface area contributed by atoms with Gasteiger partial charge in [0, 0.05) is 21.8 Å². The van der Waals surface area contributed by atoms with E-state index >= 15 is 0 Å². The molecule has 1 heterocycles. The summed E-state index contributed by atoms with van der Waals surface area (Å²) in [4.78, 5) is 16.9. The van der Waals surface area contributed by atoms with E-state index in [-0.39, 0.29) is 5.91 Å². The molecule has 1 aliphatic carbocycles. The normalized spacial score (nSPS) is 14.3. The third kappa shape index (κ3) is 3.82. The molecule has 1 aliphatic rings. The van der Waals surface area contributed by atoms with Gasteiger partial charge in [-0.1, -0.05) is 6.07 Å². The van der Waals surface area contributed by atoms with Crippen LogP contribution in [0.5, 0.6) is 5.75 Å². The van der Waals surface area contributed by atoms with Crippen LogP contribution in [0.1, 0.15) is 28.8 Å². The number of pyridine rings is 1. The van der Waals surface area contributed by atoms with E-state index in [1.54, 1.807) is 49.7 Å². The SMILES string of the molecule is COc1ccc(C(=O)NC2(c3ccc(-c4ncc(Br)cc4N)c(F)c3)CC2)cc1. The fraction of sp³-hybridized carbons (Fsp3) is 0.182. The van der Waals surface area contributed by atoms with Gasteiger partial charge in [-0.3, -0.25) is 9.78 Å². The maximum Gasteiger partial charge on any atom is 0.251 e. The van der Waals surface area contributed by atoms with Crippen LogP contribution in [0, 0.1) is 5.82 Å². The first kappa shape index (κ1) is 19.4. The summed E-state index contributed by atoms with van der Waals surface area (Å²) >= 11 is 3.30. The molecule has 148 valence electrons. The fourth-order valence-electron chi connectivity index (χ4n) is 3.33. The van der Waals surface area contributed by atoms with Crippen LogP contribution in [0.4, 0.5) is 10.1 Å². The number of nitrogen functional groups attached to an aromatic ring is 1. The number of anilines is 1. The predicted molar refractivity (Wildman–Crippen MR) is 113 cm³/mol. The lowest BCUT2D eigenvalue weighted by Gasteiger charge is -2.19. The summed E-state index contributed by atoms with van der Waals surface area (Å²) in [6.45, 7) is 0. The Labute approximate surface area is 176 Å². The molecule has 0 bridgehead atoms. The standard InChI is InChI=1S/C22H19BrFN3O2/c1-29-16-5-2-13(3-6-16)21(28)27-22(8-9-22)14-4-7-17(18(24)10-14)20-19(25)11-15(23)12-26-20/h2-7,10-12H,8-9,25H2,1H3,(H,27,28). The highest BCUT2D eigenvalue weighted by molar-refractivity contribution is 9.10. The number of nitrogens with two attached hydrogens (primary N) is 1. The number of carbonyl (C=O) groups is 1. The van der Waals surface area contributed by atoms with Gasteiger partial charge in [-0.2, -0.15) is 0 Å². The van der Waals surface area contributed by atoms with Crippen molar-refractivity contribution in [3.8, 4) is 17.0 Å². The molecule has 0 unspecified atom stereocenters. The number of rotatable bonds is 5. The van der Waals surface area contributed by atoms with Crippen molar-refractivity contribution in [1.82, 2.24) is 10.3 Å². The molecule has 5 nitrogen and oxygen atoms in total. The van der Waals surface area contributed by atoms with Crippen molar-refractivity contribution in [2.45, 2.75) is 18.4 Å². The van der Waals surface area contributed by atoms with Gasteiger partial charge in [0.1, 0.15) is 11.6 Å². The van der Waals surface area contributed by atoms with Crippen LogP contribution >= 0.6 is 15.9 Å². The van der Waals surface area contributed by atoms with Crippen LogP contribution in [0.25, 0.3) is 11.3 Å². The number of halogens is 2. The zero-order valence-electron chi connectivity index (χ0n) is 15.7. The van der Waals surface area contributed by atoms with Crippen molar-refractivity contribution in [1.29, 1.82) is 0 Å². The van der Waals surface area contributed by atoms with Gasteiger partial charge in [0.2, 0.25) is 0 Å². The van der Waals surface area contributed by atoms with Crippen LogP contribution in [-0.2, 0) is 5.54 Å². The van der Waals surface area contributed by atoms with Crippen molar-refractivity contribution in [3.63, 3.8) is 0 Å². The van der Waals surface area contributed by atoms with Crippen molar-refractivity contribution in [2.75, 3.05) is 12.8 Å². The summed E-state index contributed by atoms with van der Waals surface area (Å²) in [6, 6.07) is 13.5. The number of benzene rings is 2. The van der Waals surface area contributed by atoms with E-state index in [9.17, 15) is 9.18 Å². The predicted octanol–water partition coefficient (Wildman–Crippen LogP) is 4.66. The van der Waals surface area contributed by atoms with Crippen molar-refractivity contribution < 1.29 is 13.9 Å². The van der Waals surface area contributed by atoms with Gasteiger partial charge in [-0.25, -0.2) is 4.39 Å². The summed E-state index contributed by atoms with van der Waals surface area (Å²) < 4.78 is 20.7. The van der Waals surface area contributed by atoms with Gasteiger partial charge < -0.3 is 15.8 Å². The highest BCUT2D eigenvalue weighted by atomic mass is 79.9. The molecule has 1 fully saturated rings. The maximum atomic E-state index is 14.9. The highest BCUT2D eigenvalue weighted by Crippen LogP contribution is 2.46. The quantitative estimate of drug-likeness (QED) is 0.586. The van der Waals surface area contributed by atoms with Crippen LogP contribution in [-0.4, -0.2) is 18.0 Å². The number of hydrogen-bond acceptors (Lipinski definition) is 4. The smallest absolute Gasteiger partial charge is 0.251 e. The summed E-state index contributed by atoms with van der Waals surface area (Å²) in [6.07, 6.45) is 3.09. The monoisotopic (exact) mass is 455 g/mol. The van der Waals surface area contributed by atoms with E-state index in [2.05, 4.69) is 26.2 Å². The first-order valence-corrected chi connectivity index (χ1v) is 9.89. The van der Waals surface area contributed by atoms with Gasteiger partial charge in [0.25, 0.3) is 5.91 Å². The number of methoxy groups -OCH3 is 1. The van der Waals surface area contributed by atoms with Crippen LogP contribution < -0.4 is 15.8 Å². The van der Waals surface area contributed by atoms with Gasteiger partial charge in [0.15, 0.2) is 0 Å². The van der Waals surface area contributed by atoms with Crippen molar-refractivity contribution >= 4 is 27.5 Å². The number of nitrogens with zero attached hydrogens (tertiary/aromatic N) is 1. The van der Waals surface area contributed by atoms with Crippen molar-refractivity contribution in [3.05, 3.63) is 76.1 Å². The highest BCUT2D eigenvalue weighted by Gasteiger charge is 2.46. The minimum Gasteiger partial charge on any atom is -0.497 e. The Bertz CT molecular complexity index is 1080. The Morgan fingerprint density at radius 2 is 1.93 bits per heavy atom. The second-order valence-electron chi connectivity index (χ2n) is 7.05. The van der Waals surface area contributed by atoms with E-state index < -0.39 is 11.4 Å². The van der Waals surface area contributed by atoms with Crippen molar-refractivity contribution in [2.24, 2.45) is 0 Å². The molecule has 1 aromatic heterocycles. The molecule has 4 rings (SSSR count). The van der Waals surface area contributed by atoms with E-state index in [0.717, 1.165) is 22.9 Å². The number of carbonyl (C=O) groups excluding carboxylic acids is 1. The summed E-state index contributed by atoms with van der Waals surface area (Å²) in [5.41, 5.74) is 7.81. The molecule has 3 aromatic rings. The molecule has 0 spiro atoms. The first-order valence-electron chi connectivity index (χ1n) is 9.10. The lowest BCUT2D eigenvalue weighted by Crippen LogP contribution is -2.34. The average Bonchev–Trinajstić information content (AvgIpc) is 3.49. The minimum atomic E-state index is -0.547. The maximum absolute atomic E-state index is 14.9. The number of hydrogen-bond donors (Lipinski definition) is 2. The van der Waals surface area contributed by atoms with E-state index in [1.807, 2.05) is 6.07 Å². The first-order chi connectivity index (χ1) is 13.9. The Balaban J connectivity index is 1.57. The Morgan fingerprint density at radius 1 is 1.21 bits per heavy atom. The lowest BCUT2D eigenvalue weighted by molar-refractivity contribution is 0.0930.